The van der Waals surface area contributed by atoms with Crippen LogP contribution >= 0.6 is 11.8 Å². The lowest BCUT2D eigenvalue weighted by Gasteiger charge is -2.21. The second-order valence-corrected chi connectivity index (χ2v) is 5.57. The first-order chi connectivity index (χ1) is 9.65. The van der Waals surface area contributed by atoms with Crippen molar-refractivity contribution in [3.8, 4) is 0 Å². The molecule has 0 unspecified atom stereocenters. The monoisotopic (exact) mass is 288 g/mol. The Morgan fingerprint density at radius 1 is 1.10 bits per heavy atom. The first-order valence-electron chi connectivity index (χ1n) is 6.75. The standard InChI is InChI=1S/C15H20N4S/c1-4-19(5-2)14-13(16)15(18-10-17-14)20-12-8-6-11(3)7-9-12/h6-10H,4-5,16H2,1-3H3. The molecule has 20 heavy (non-hydrogen) atoms. The quantitative estimate of drug-likeness (QED) is 0.855. The molecule has 0 fully saturated rings. The van der Waals surface area contributed by atoms with E-state index >= 15 is 0 Å². The van der Waals surface area contributed by atoms with Crippen LogP contribution < -0.4 is 10.6 Å². The van der Waals surface area contributed by atoms with Gasteiger partial charge in [0, 0.05) is 18.0 Å². The van der Waals surface area contributed by atoms with Gasteiger partial charge in [0.25, 0.3) is 0 Å². The van der Waals surface area contributed by atoms with E-state index in [1.54, 1.807) is 18.1 Å². The van der Waals surface area contributed by atoms with Gasteiger partial charge in [-0.25, -0.2) is 9.97 Å². The third-order valence-corrected chi connectivity index (χ3v) is 4.15. The Labute approximate surface area is 124 Å². The van der Waals surface area contributed by atoms with E-state index in [1.807, 2.05) is 0 Å². The van der Waals surface area contributed by atoms with E-state index in [-0.39, 0.29) is 0 Å². The SMILES string of the molecule is CCN(CC)c1ncnc(Sc2ccc(C)cc2)c1N. The van der Waals surface area contributed by atoms with Crippen LogP contribution in [0, 0.1) is 6.92 Å². The van der Waals surface area contributed by atoms with E-state index in [9.17, 15) is 0 Å². The minimum atomic E-state index is 0.654. The highest BCUT2D eigenvalue weighted by Gasteiger charge is 2.13. The van der Waals surface area contributed by atoms with E-state index in [2.05, 4.69) is 59.9 Å². The minimum Gasteiger partial charge on any atom is -0.394 e. The molecule has 106 valence electrons. The van der Waals surface area contributed by atoms with Crippen LogP contribution in [0.15, 0.2) is 40.5 Å². The molecular weight excluding hydrogens is 268 g/mol. The lowest BCUT2D eigenvalue weighted by atomic mass is 10.2. The van der Waals surface area contributed by atoms with Crippen LogP contribution in [0.2, 0.25) is 0 Å². The molecule has 0 saturated heterocycles. The summed E-state index contributed by atoms with van der Waals surface area (Å²) in [6.07, 6.45) is 1.58. The maximum absolute atomic E-state index is 6.23. The third-order valence-electron chi connectivity index (χ3n) is 3.12. The Morgan fingerprint density at radius 3 is 2.35 bits per heavy atom. The lowest BCUT2D eigenvalue weighted by Crippen LogP contribution is -2.24. The summed E-state index contributed by atoms with van der Waals surface area (Å²) < 4.78 is 0. The predicted octanol–water partition coefficient (Wildman–Crippen LogP) is 3.36. The van der Waals surface area contributed by atoms with Crippen molar-refractivity contribution < 1.29 is 0 Å². The molecule has 0 saturated carbocycles. The van der Waals surface area contributed by atoms with E-state index in [4.69, 9.17) is 5.73 Å². The molecule has 1 aromatic carbocycles. The summed E-state index contributed by atoms with van der Waals surface area (Å²) in [6.45, 7) is 8.03. The Bertz CT molecular complexity index is 565. The van der Waals surface area contributed by atoms with Crippen molar-refractivity contribution in [2.24, 2.45) is 0 Å². The van der Waals surface area contributed by atoms with Crippen molar-refractivity contribution in [1.29, 1.82) is 0 Å². The summed E-state index contributed by atoms with van der Waals surface area (Å²) in [4.78, 5) is 11.9. The molecule has 2 rings (SSSR count). The van der Waals surface area contributed by atoms with Gasteiger partial charge in [-0.1, -0.05) is 29.5 Å². The van der Waals surface area contributed by atoms with Crippen molar-refractivity contribution in [3.05, 3.63) is 36.2 Å². The van der Waals surface area contributed by atoms with E-state index < -0.39 is 0 Å². The Balaban J connectivity index is 2.28. The summed E-state index contributed by atoms with van der Waals surface area (Å²) in [7, 11) is 0. The van der Waals surface area contributed by atoms with Gasteiger partial charge in [0.15, 0.2) is 5.82 Å². The molecule has 0 aliphatic carbocycles. The maximum Gasteiger partial charge on any atom is 0.156 e. The van der Waals surface area contributed by atoms with Gasteiger partial charge in [0.2, 0.25) is 0 Å². The Hall–Kier alpha value is -1.75. The highest BCUT2D eigenvalue weighted by Crippen LogP contribution is 2.34. The molecule has 0 amide bonds. The first-order valence-corrected chi connectivity index (χ1v) is 7.57. The van der Waals surface area contributed by atoms with Crippen molar-refractivity contribution >= 4 is 23.3 Å². The summed E-state index contributed by atoms with van der Waals surface area (Å²) in [6, 6.07) is 8.34. The van der Waals surface area contributed by atoms with Gasteiger partial charge in [-0.15, -0.1) is 0 Å². The third kappa shape index (κ3) is 3.22. The van der Waals surface area contributed by atoms with E-state index in [0.717, 1.165) is 28.8 Å². The highest BCUT2D eigenvalue weighted by atomic mass is 32.2. The fraction of sp³-hybridized carbons (Fsp3) is 0.333. The molecule has 5 heteroatoms. The molecule has 0 aliphatic rings. The van der Waals surface area contributed by atoms with Crippen LogP contribution in [0.1, 0.15) is 19.4 Å². The van der Waals surface area contributed by atoms with Crippen molar-refractivity contribution in [3.63, 3.8) is 0 Å². The molecule has 0 atom stereocenters. The number of aryl methyl sites for hydroxylation is 1. The van der Waals surface area contributed by atoms with Crippen molar-refractivity contribution in [2.75, 3.05) is 23.7 Å². The van der Waals surface area contributed by atoms with Gasteiger partial charge in [-0.3, -0.25) is 0 Å². The van der Waals surface area contributed by atoms with Crippen molar-refractivity contribution in [1.82, 2.24) is 9.97 Å². The average molecular weight is 288 g/mol. The fourth-order valence-corrected chi connectivity index (χ4v) is 2.74. The van der Waals surface area contributed by atoms with Gasteiger partial charge in [0.1, 0.15) is 17.0 Å². The molecule has 2 aromatic rings. The number of nitrogens with zero attached hydrogens (tertiary/aromatic N) is 3. The van der Waals surface area contributed by atoms with Crippen molar-refractivity contribution in [2.45, 2.75) is 30.7 Å². The van der Waals surface area contributed by atoms with Gasteiger partial charge in [-0.05, 0) is 32.9 Å². The zero-order valence-electron chi connectivity index (χ0n) is 12.1. The number of aromatic nitrogens is 2. The number of nitrogens with two attached hydrogens (primary N) is 1. The molecule has 4 nitrogen and oxygen atoms in total. The second kappa shape index (κ2) is 6.61. The summed E-state index contributed by atoms with van der Waals surface area (Å²) in [5, 5.41) is 0.811. The summed E-state index contributed by atoms with van der Waals surface area (Å²) in [5.74, 6) is 0.819. The largest absolute Gasteiger partial charge is 0.394 e. The van der Waals surface area contributed by atoms with Gasteiger partial charge < -0.3 is 10.6 Å². The average Bonchev–Trinajstić information content (AvgIpc) is 2.46. The number of nitrogen functional groups attached to an aromatic ring is 1. The molecule has 1 aromatic heterocycles. The number of hydrogen-bond donors (Lipinski definition) is 1. The highest BCUT2D eigenvalue weighted by molar-refractivity contribution is 7.99. The Morgan fingerprint density at radius 2 is 1.75 bits per heavy atom. The molecule has 0 radical (unpaired) electrons. The Kier molecular flexibility index (Phi) is 4.84. The smallest absolute Gasteiger partial charge is 0.156 e. The number of hydrogen-bond acceptors (Lipinski definition) is 5. The van der Waals surface area contributed by atoms with Gasteiger partial charge in [0.05, 0.1) is 0 Å². The first kappa shape index (κ1) is 14.7. The normalized spacial score (nSPS) is 10.6. The van der Waals surface area contributed by atoms with Crippen LogP contribution in [0.5, 0.6) is 0 Å². The van der Waals surface area contributed by atoms with Gasteiger partial charge >= 0.3 is 0 Å². The molecule has 2 N–H and O–H groups in total. The molecule has 0 spiro atoms. The predicted molar refractivity (Wildman–Crippen MR) is 85.3 cm³/mol. The lowest BCUT2D eigenvalue weighted by molar-refractivity contribution is 0.836. The van der Waals surface area contributed by atoms with Crippen LogP contribution in [-0.2, 0) is 0 Å². The fourth-order valence-electron chi connectivity index (χ4n) is 1.95. The molecule has 0 aliphatic heterocycles. The van der Waals surface area contributed by atoms with Crippen LogP contribution in [-0.4, -0.2) is 23.1 Å². The molecular formula is C15H20N4S. The van der Waals surface area contributed by atoms with Gasteiger partial charge in [-0.2, -0.15) is 0 Å². The van der Waals surface area contributed by atoms with E-state index in [0.29, 0.717) is 5.69 Å². The number of anilines is 2. The zero-order chi connectivity index (χ0) is 14.5. The maximum atomic E-state index is 6.23. The summed E-state index contributed by atoms with van der Waals surface area (Å²) >= 11 is 1.57. The van der Waals surface area contributed by atoms with Crippen LogP contribution in [0.4, 0.5) is 11.5 Å². The molecule has 0 bridgehead atoms. The number of benzene rings is 1. The van der Waals surface area contributed by atoms with Crippen LogP contribution in [0.3, 0.4) is 0 Å². The molecule has 1 heterocycles. The number of rotatable bonds is 5. The summed E-state index contributed by atoms with van der Waals surface area (Å²) in [5.41, 5.74) is 8.12. The van der Waals surface area contributed by atoms with Crippen LogP contribution in [0.25, 0.3) is 0 Å². The minimum absolute atomic E-state index is 0.654. The second-order valence-electron chi connectivity index (χ2n) is 4.50. The topological polar surface area (TPSA) is 55.0 Å². The van der Waals surface area contributed by atoms with E-state index in [1.165, 1.54) is 5.56 Å². The zero-order valence-corrected chi connectivity index (χ0v) is 12.9.